The molecule has 0 aliphatic carbocycles. The maximum absolute atomic E-state index is 13.7. The van der Waals surface area contributed by atoms with Gasteiger partial charge in [-0.05, 0) is 34.5 Å². The largest absolute Gasteiger partial charge is 0.495 e. The first-order valence-corrected chi connectivity index (χ1v) is 8.81. The lowest BCUT2D eigenvalue weighted by Crippen LogP contribution is -2.46. The number of hydrogen-bond donors (Lipinski definition) is 1. The van der Waals surface area contributed by atoms with Gasteiger partial charge in [0, 0.05) is 26.1 Å². The highest BCUT2D eigenvalue weighted by Gasteiger charge is 2.29. The third kappa shape index (κ3) is 3.58. The fourth-order valence-corrected chi connectivity index (χ4v) is 3.96. The molecule has 1 aromatic carbocycles. The van der Waals surface area contributed by atoms with Crippen molar-refractivity contribution in [1.82, 2.24) is 9.62 Å². The molecule has 1 fully saturated rings. The summed E-state index contributed by atoms with van der Waals surface area (Å²) in [7, 11) is -1.02. The van der Waals surface area contributed by atoms with E-state index in [1.54, 1.807) is 11.9 Å². The van der Waals surface area contributed by atoms with Gasteiger partial charge in [0.1, 0.15) is 16.5 Å². The zero-order valence-electron chi connectivity index (χ0n) is 12.1. The van der Waals surface area contributed by atoms with Crippen molar-refractivity contribution in [1.29, 1.82) is 0 Å². The van der Waals surface area contributed by atoms with Crippen LogP contribution in [0.5, 0.6) is 5.75 Å². The number of nitrogens with one attached hydrogen (secondary N) is 1. The lowest BCUT2D eigenvalue weighted by molar-refractivity contribution is -0.132. The van der Waals surface area contributed by atoms with Crippen LogP contribution in [0.3, 0.4) is 0 Å². The van der Waals surface area contributed by atoms with Crippen molar-refractivity contribution in [2.24, 2.45) is 0 Å². The number of amides is 1. The van der Waals surface area contributed by atoms with E-state index in [1.807, 2.05) is 0 Å². The van der Waals surface area contributed by atoms with E-state index in [4.69, 9.17) is 4.74 Å². The summed E-state index contributed by atoms with van der Waals surface area (Å²) >= 11 is 2.98. The number of sulfonamides is 1. The van der Waals surface area contributed by atoms with Gasteiger partial charge in [-0.25, -0.2) is 17.5 Å². The summed E-state index contributed by atoms with van der Waals surface area (Å²) in [5.41, 5.74) is 0. The molecule has 122 valence electrons. The standard InChI is InChI=1S/C13H16BrFN2O4S/c1-17-4-3-8(5-13(17)18)16-22(19,20)12-7-10(15)9(14)6-11(12)21-2/h6-8,16H,3-5H2,1-2H3/t8-/m0/s1. The van der Waals surface area contributed by atoms with Crippen LogP contribution in [0, 0.1) is 5.82 Å². The van der Waals surface area contributed by atoms with E-state index in [1.165, 1.54) is 13.2 Å². The SMILES string of the molecule is COc1cc(Br)c(F)cc1S(=O)(=O)N[C@H]1CCN(C)C(=O)C1. The van der Waals surface area contributed by atoms with Crippen molar-refractivity contribution in [2.75, 3.05) is 20.7 Å². The van der Waals surface area contributed by atoms with Crippen LogP contribution in [0.4, 0.5) is 4.39 Å². The molecule has 0 radical (unpaired) electrons. The Hall–Kier alpha value is -1.19. The lowest BCUT2D eigenvalue weighted by atomic mass is 10.1. The maximum atomic E-state index is 13.7. The maximum Gasteiger partial charge on any atom is 0.244 e. The Labute approximate surface area is 136 Å². The summed E-state index contributed by atoms with van der Waals surface area (Å²) in [4.78, 5) is 12.9. The van der Waals surface area contributed by atoms with E-state index >= 15 is 0 Å². The molecule has 1 amide bonds. The van der Waals surface area contributed by atoms with E-state index in [9.17, 15) is 17.6 Å². The Morgan fingerprint density at radius 3 is 2.73 bits per heavy atom. The molecule has 1 atom stereocenters. The summed E-state index contributed by atoms with van der Waals surface area (Å²) in [5.74, 6) is -0.812. The Morgan fingerprint density at radius 2 is 2.14 bits per heavy atom. The van der Waals surface area contributed by atoms with Gasteiger partial charge in [0.15, 0.2) is 0 Å². The third-order valence-corrected chi connectivity index (χ3v) is 5.63. The summed E-state index contributed by atoms with van der Waals surface area (Å²) in [6, 6.07) is 1.64. The van der Waals surface area contributed by atoms with Crippen molar-refractivity contribution in [3.8, 4) is 5.75 Å². The van der Waals surface area contributed by atoms with Crippen molar-refractivity contribution >= 4 is 31.9 Å². The molecule has 0 saturated carbocycles. The molecular weight excluding hydrogens is 379 g/mol. The van der Waals surface area contributed by atoms with Crippen LogP contribution in [0.25, 0.3) is 0 Å². The number of rotatable bonds is 4. The zero-order chi connectivity index (χ0) is 16.5. The predicted molar refractivity (Wildman–Crippen MR) is 81.6 cm³/mol. The minimum atomic E-state index is -3.99. The van der Waals surface area contributed by atoms with E-state index in [0.29, 0.717) is 13.0 Å². The van der Waals surface area contributed by atoms with Gasteiger partial charge in [0.2, 0.25) is 15.9 Å². The third-order valence-electron chi connectivity index (χ3n) is 3.48. The van der Waals surface area contributed by atoms with Crippen LogP contribution in [-0.4, -0.2) is 46.0 Å². The number of halogens is 2. The molecule has 1 aliphatic heterocycles. The minimum Gasteiger partial charge on any atom is -0.495 e. The van der Waals surface area contributed by atoms with E-state index in [0.717, 1.165) is 6.07 Å². The van der Waals surface area contributed by atoms with Gasteiger partial charge in [-0.15, -0.1) is 0 Å². The first kappa shape index (κ1) is 17.2. The molecule has 6 nitrogen and oxygen atoms in total. The number of nitrogens with zero attached hydrogens (tertiary/aromatic N) is 1. The highest BCUT2D eigenvalue weighted by molar-refractivity contribution is 9.10. The molecular formula is C13H16BrFN2O4S. The molecule has 1 N–H and O–H groups in total. The van der Waals surface area contributed by atoms with Gasteiger partial charge in [0.25, 0.3) is 0 Å². The zero-order valence-corrected chi connectivity index (χ0v) is 14.5. The van der Waals surface area contributed by atoms with E-state index in [-0.39, 0.29) is 27.4 Å². The van der Waals surface area contributed by atoms with Gasteiger partial charge < -0.3 is 9.64 Å². The molecule has 1 heterocycles. The second kappa shape index (κ2) is 6.51. The van der Waals surface area contributed by atoms with Crippen molar-refractivity contribution in [3.05, 3.63) is 22.4 Å². The van der Waals surface area contributed by atoms with Gasteiger partial charge in [-0.1, -0.05) is 0 Å². The number of hydrogen-bond acceptors (Lipinski definition) is 4. The van der Waals surface area contributed by atoms with Gasteiger partial charge in [-0.2, -0.15) is 0 Å². The highest BCUT2D eigenvalue weighted by Crippen LogP contribution is 2.30. The van der Waals surface area contributed by atoms with Crippen molar-refractivity contribution in [3.63, 3.8) is 0 Å². The Kier molecular flexibility index (Phi) is 5.08. The lowest BCUT2D eigenvalue weighted by Gasteiger charge is -2.29. The number of carbonyl (C=O) groups is 1. The van der Waals surface area contributed by atoms with Crippen LogP contribution in [0.1, 0.15) is 12.8 Å². The molecule has 0 aromatic heterocycles. The molecule has 1 saturated heterocycles. The first-order valence-electron chi connectivity index (χ1n) is 6.54. The number of carbonyl (C=O) groups excluding carboxylic acids is 1. The van der Waals surface area contributed by atoms with Crippen molar-refractivity contribution in [2.45, 2.75) is 23.8 Å². The Bertz CT molecular complexity index is 696. The van der Waals surface area contributed by atoms with Crippen LogP contribution >= 0.6 is 15.9 Å². The Morgan fingerprint density at radius 1 is 1.45 bits per heavy atom. The number of piperidine rings is 1. The van der Waals surface area contributed by atoms with Crippen LogP contribution in [0.15, 0.2) is 21.5 Å². The molecule has 2 rings (SSSR count). The fraction of sp³-hybridized carbons (Fsp3) is 0.462. The summed E-state index contributed by atoms with van der Waals surface area (Å²) in [6.07, 6.45) is 0.583. The van der Waals surface area contributed by atoms with E-state index in [2.05, 4.69) is 20.7 Å². The molecule has 0 bridgehead atoms. The number of likely N-dealkylation sites (tertiary alicyclic amines) is 1. The second-order valence-corrected chi connectivity index (χ2v) is 7.58. The van der Waals surface area contributed by atoms with Crippen molar-refractivity contribution < 1.29 is 22.3 Å². The first-order chi connectivity index (χ1) is 10.2. The number of benzene rings is 1. The topological polar surface area (TPSA) is 75.7 Å². The Balaban J connectivity index is 2.27. The molecule has 1 aliphatic rings. The average molecular weight is 395 g/mol. The van der Waals surface area contributed by atoms with Gasteiger partial charge in [0.05, 0.1) is 11.6 Å². The molecule has 1 aromatic rings. The normalized spacial score (nSPS) is 19.4. The number of ether oxygens (including phenoxy) is 1. The second-order valence-electron chi connectivity index (χ2n) is 5.04. The molecule has 22 heavy (non-hydrogen) atoms. The van der Waals surface area contributed by atoms with Crippen LogP contribution < -0.4 is 9.46 Å². The van der Waals surface area contributed by atoms with Gasteiger partial charge >= 0.3 is 0 Å². The summed E-state index contributed by atoms with van der Waals surface area (Å²) in [5, 5.41) is 0. The van der Waals surface area contributed by atoms with E-state index < -0.39 is 21.9 Å². The van der Waals surface area contributed by atoms with Gasteiger partial charge in [-0.3, -0.25) is 4.79 Å². The molecule has 9 heteroatoms. The average Bonchev–Trinajstić information content (AvgIpc) is 2.45. The van der Waals surface area contributed by atoms with Crippen LogP contribution in [-0.2, 0) is 14.8 Å². The molecule has 0 unspecified atom stereocenters. The minimum absolute atomic E-state index is 0.0278. The molecule has 0 spiro atoms. The monoisotopic (exact) mass is 394 g/mol. The van der Waals surface area contributed by atoms with Crippen LogP contribution in [0.2, 0.25) is 0 Å². The fourth-order valence-electron chi connectivity index (χ4n) is 2.21. The summed E-state index contributed by atoms with van der Waals surface area (Å²) < 4.78 is 46.1. The highest BCUT2D eigenvalue weighted by atomic mass is 79.9. The smallest absolute Gasteiger partial charge is 0.244 e. The predicted octanol–water partition coefficient (Wildman–Crippen LogP) is 1.50. The number of methoxy groups -OCH3 is 1. The summed E-state index contributed by atoms with van der Waals surface area (Å²) in [6.45, 7) is 0.470. The quantitative estimate of drug-likeness (QED) is 0.839.